The predicted molar refractivity (Wildman–Crippen MR) is 113 cm³/mol. The van der Waals surface area contributed by atoms with Gasteiger partial charge in [-0.3, -0.25) is 9.59 Å². The fourth-order valence-corrected chi connectivity index (χ4v) is 3.24. The Hall–Kier alpha value is -1.04. The molecule has 0 saturated heterocycles. The molecule has 5 nitrogen and oxygen atoms in total. The van der Waals surface area contributed by atoms with Gasteiger partial charge in [-0.2, -0.15) is 0 Å². The Morgan fingerprint density at radius 1 is 0.857 bits per heavy atom. The predicted octanol–water partition coefficient (Wildman–Crippen LogP) is 4.27. The van der Waals surface area contributed by atoms with Crippen molar-refractivity contribution in [3.8, 4) is 0 Å². The lowest BCUT2D eigenvalue weighted by molar-refractivity contribution is -0.163. The first-order valence-corrected chi connectivity index (χ1v) is 11.2. The lowest BCUT2D eigenvalue weighted by Crippen LogP contribution is -2.56. The molecule has 3 N–H and O–H groups in total. The number of hydrogen-bond donors (Lipinski definition) is 3. The van der Waals surface area contributed by atoms with Gasteiger partial charge in [0.15, 0.2) is 11.6 Å². The van der Waals surface area contributed by atoms with Crippen molar-refractivity contribution in [1.29, 1.82) is 0 Å². The normalized spacial score (nSPS) is 14.9. The Morgan fingerprint density at radius 2 is 1.36 bits per heavy atom. The van der Waals surface area contributed by atoms with E-state index in [2.05, 4.69) is 13.8 Å². The first-order chi connectivity index (χ1) is 13.4. The van der Waals surface area contributed by atoms with E-state index >= 15 is 0 Å². The summed E-state index contributed by atoms with van der Waals surface area (Å²) in [4.78, 5) is 24.9. The first-order valence-electron chi connectivity index (χ1n) is 11.2. The Balaban J connectivity index is 4.52. The molecule has 0 aromatic rings. The summed E-state index contributed by atoms with van der Waals surface area (Å²) in [5.74, 6) is -1.55. The van der Waals surface area contributed by atoms with Gasteiger partial charge in [-0.1, -0.05) is 84.1 Å². The molecule has 0 saturated carbocycles. The number of ketones is 2. The fourth-order valence-electron chi connectivity index (χ4n) is 3.24. The van der Waals surface area contributed by atoms with Crippen LogP contribution in [0.4, 0.5) is 0 Å². The number of aliphatic hydroxyl groups excluding tert-OH is 2. The number of allylic oxidation sites excluding steroid dienone is 1. The summed E-state index contributed by atoms with van der Waals surface area (Å²) in [6, 6.07) is 0. The molecule has 0 aliphatic carbocycles. The molecule has 28 heavy (non-hydrogen) atoms. The van der Waals surface area contributed by atoms with Gasteiger partial charge in [-0.25, -0.2) is 0 Å². The molecular weight excluding hydrogens is 356 g/mol. The average molecular weight is 399 g/mol. The van der Waals surface area contributed by atoms with Crippen molar-refractivity contribution in [2.75, 3.05) is 6.61 Å². The number of carbonyl (C=O) groups is 2. The summed E-state index contributed by atoms with van der Waals surface area (Å²) in [5, 5.41) is 29.8. The average Bonchev–Trinajstić information content (AvgIpc) is 2.70. The Bertz CT molecular complexity index is 446. The first kappa shape index (κ1) is 27.0. The van der Waals surface area contributed by atoms with E-state index < -0.39 is 29.9 Å². The standard InChI is InChI=1S/C23H42O5/c1-3-5-7-9-11-13-15-17-20(25)23(28,22(27)19-24)21(26)18-16-14-12-10-8-6-4-2/h15,17,22,24,27-28H,3-14,16,18-19H2,1-2H3. The van der Waals surface area contributed by atoms with Crippen LogP contribution in [-0.4, -0.2) is 45.2 Å². The summed E-state index contributed by atoms with van der Waals surface area (Å²) < 4.78 is 0. The molecule has 0 aromatic heterocycles. The Kier molecular flexibility index (Phi) is 16.2. The maximum absolute atomic E-state index is 12.5. The SMILES string of the molecule is CCCCCCCC=CC(=O)C(O)(C(=O)CCCCCCCCC)C(O)CO. The zero-order valence-corrected chi connectivity index (χ0v) is 18.0. The molecule has 0 aliphatic rings. The van der Waals surface area contributed by atoms with Crippen LogP contribution in [0.2, 0.25) is 0 Å². The van der Waals surface area contributed by atoms with Crippen LogP contribution in [0.3, 0.4) is 0 Å². The van der Waals surface area contributed by atoms with Gasteiger partial charge in [0.2, 0.25) is 5.60 Å². The van der Waals surface area contributed by atoms with E-state index in [4.69, 9.17) is 0 Å². The summed E-state index contributed by atoms with van der Waals surface area (Å²) in [6.45, 7) is 3.47. The van der Waals surface area contributed by atoms with Crippen LogP contribution < -0.4 is 0 Å². The maximum Gasteiger partial charge on any atom is 0.213 e. The number of carbonyl (C=O) groups excluding carboxylic acids is 2. The van der Waals surface area contributed by atoms with Crippen LogP contribution in [0, 0.1) is 0 Å². The van der Waals surface area contributed by atoms with E-state index in [1.54, 1.807) is 6.08 Å². The van der Waals surface area contributed by atoms with E-state index in [1.807, 2.05) is 0 Å². The second kappa shape index (κ2) is 16.9. The van der Waals surface area contributed by atoms with Gasteiger partial charge in [0.1, 0.15) is 6.10 Å². The second-order valence-electron chi connectivity index (χ2n) is 7.73. The largest absolute Gasteiger partial charge is 0.394 e. The van der Waals surface area contributed by atoms with E-state index in [-0.39, 0.29) is 6.42 Å². The monoisotopic (exact) mass is 398 g/mol. The van der Waals surface area contributed by atoms with Crippen molar-refractivity contribution in [2.24, 2.45) is 0 Å². The third kappa shape index (κ3) is 10.5. The zero-order chi connectivity index (χ0) is 21.3. The van der Waals surface area contributed by atoms with Gasteiger partial charge in [-0.15, -0.1) is 0 Å². The van der Waals surface area contributed by atoms with Crippen molar-refractivity contribution in [3.63, 3.8) is 0 Å². The molecular formula is C23H42O5. The molecule has 2 unspecified atom stereocenters. The van der Waals surface area contributed by atoms with E-state index in [0.717, 1.165) is 38.5 Å². The lowest BCUT2D eigenvalue weighted by atomic mass is 9.84. The van der Waals surface area contributed by atoms with Crippen molar-refractivity contribution in [1.82, 2.24) is 0 Å². The number of aliphatic hydroxyl groups is 3. The zero-order valence-electron chi connectivity index (χ0n) is 18.0. The molecule has 2 atom stereocenters. The van der Waals surface area contributed by atoms with E-state index in [0.29, 0.717) is 12.8 Å². The number of rotatable bonds is 19. The van der Waals surface area contributed by atoms with Crippen LogP contribution >= 0.6 is 0 Å². The molecule has 0 heterocycles. The Labute approximate surface area is 171 Å². The highest BCUT2D eigenvalue weighted by Gasteiger charge is 2.47. The van der Waals surface area contributed by atoms with Crippen LogP contribution in [-0.2, 0) is 9.59 Å². The topological polar surface area (TPSA) is 94.8 Å². The van der Waals surface area contributed by atoms with Crippen LogP contribution in [0.5, 0.6) is 0 Å². The molecule has 5 heteroatoms. The molecule has 0 spiro atoms. The molecule has 0 rings (SSSR count). The highest BCUT2D eigenvalue weighted by Crippen LogP contribution is 2.20. The summed E-state index contributed by atoms with van der Waals surface area (Å²) in [6.07, 6.45) is 14.4. The minimum absolute atomic E-state index is 0.0257. The maximum atomic E-state index is 12.5. The number of hydrogen-bond acceptors (Lipinski definition) is 5. The second-order valence-corrected chi connectivity index (χ2v) is 7.73. The van der Waals surface area contributed by atoms with Gasteiger partial charge in [-0.05, 0) is 25.3 Å². The highest BCUT2D eigenvalue weighted by molar-refractivity contribution is 6.15. The van der Waals surface area contributed by atoms with Crippen molar-refractivity contribution in [2.45, 2.75) is 115 Å². The highest BCUT2D eigenvalue weighted by atomic mass is 16.4. The number of Topliss-reactive ketones (excluding diaryl/α,β-unsaturated/α-hetero) is 1. The molecule has 0 aromatic carbocycles. The minimum atomic E-state index is -2.55. The third-order valence-corrected chi connectivity index (χ3v) is 5.21. The summed E-state index contributed by atoms with van der Waals surface area (Å²) >= 11 is 0. The quantitative estimate of drug-likeness (QED) is 0.172. The number of unbranched alkanes of at least 4 members (excludes halogenated alkanes) is 11. The molecule has 0 radical (unpaired) electrons. The van der Waals surface area contributed by atoms with Crippen molar-refractivity contribution < 1.29 is 24.9 Å². The van der Waals surface area contributed by atoms with Gasteiger partial charge < -0.3 is 15.3 Å². The smallest absolute Gasteiger partial charge is 0.213 e. The van der Waals surface area contributed by atoms with Crippen LogP contribution in [0.25, 0.3) is 0 Å². The van der Waals surface area contributed by atoms with Gasteiger partial charge >= 0.3 is 0 Å². The van der Waals surface area contributed by atoms with Gasteiger partial charge in [0.05, 0.1) is 6.61 Å². The van der Waals surface area contributed by atoms with Crippen molar-refractivity contribution in [3.05, 3.63) is 12.2 Å². The third-order valence-electron chi connectivity index (χ3n) is 5.21. The lowest BCUT2D eigenvalue weighted by Gasteiger charge is -2.28. The fraction of sp³-hybridized carbons (Fsp3) is 0.826. The van der Waals surface area contributed by atoms with Crippen LogP contribution in [0.15, 0.2) is 12.2 Å². The molecule has 164 valence electrons. The summed E-state index contributed by atoms with van der Waals surface area (Å²) in [7, 11) is 0. The minimum Gasteiger partial charge on any atom is -0.394 e. The summed E-state index contributed by atoms with van der Waals surface area (Å²) in [5.41, 5.74) is -2.55. The van der Waals surface area contributed by atoms with Crippen LogP contribution in [0.1, 0.15) is 104 Å². The van der Waals surface area contributed by atoms with Gasteiger partial charge in [0, 0.05) is 6.42 Å². The molecule has 0 aliphatic heterocycles. The molecule has 0 amide bonds. The molecule has 0 bridgehead atoms. The van der Waals surface area contributed by atoms with Crippen molar-refractivity contribution >= 4 is 11.6 Å². The molecule has 0 fully saturated rings. The Morgan fingerprint density at radius 3 is 1.89 bits per heavy atom. The van der Waals surface area contributed by atoms with Gasteiger partial charge in [0.25, 0.3) is 0 Å². The van der Waals surface area contributed by atoms with E-state index in [1.165, 1.54) is 38.2 Å². The van der Waals surface area contributed by atoms with E-state index in [9.17, 15) is 24.9 Å².